The molecule has 0 spiro atoms. The molecule has 4 heterocycles. The second-order valence-electron chi connectivity index (χ2n) is 6.40. The highest BCUT2D eigenvalue weighted by atomic mass is 32.1. The summed E-state index contributed by atoms with van der Waals surface area (Å²) in [4.78, 5) is 6.98. The fraction of sp³-hybridized carbons (Fsp3) is 0.471. The van der Waals surface area contributed by atoms with Gasteiger partial charge in [-0.15, -0.1) is 0 Å². The smallest absolute Gasteiger partial charge is 0.241 e. The molecule has 3 aromatic heterocycles. The molecule has 0 amide bonds. The minimum Gasteiger partial charge on any atom is -0.338 e. The summed E-state index contributed by atoms with van der Waals surface area (Å²) < 4.78 is 7.57. The van der Waals surface area contributed by atoms with E-state index in [1.54, 1.807) is 11.3 Å². The predicted octanol–water partition coefficient (Wildman–Crippen LogP) is 3.28. The van der Waals surface area contributed by atoms with Crippen LogP contribution in [0.15, 0.2) is 27.4 Å². The molecule has 0 N–H and O–H groups in total. The summed E-state index contributed by atoms with van der Waals surface area (Å²) in [5.74, 6) is 1.37. The van der Waals surface area contributed by atoms with Crippen LogP contribution in [-0.2, 0) is 13.1 Å². The van der Waals surface area contributed by atoms with Crippen molar-refractivity contribution in [1.29, 1.82) is 0 Å². The summed E-state index contributed by atoms with van der Waals surface area (Å²) in [6.45, 7) is 6.86. The van der Waals surface area contributed by atoms with Crippen molar-refractivity contribution in [2.75, 3.05) is 6.54 Å². The van der Waals surface area contributed by atoms with Crippen molar-refractivity contribution >= 4 is 11.3 Å². The summed E-state index contributed by atoms with van der Waals surface area (Å²) in [5.41, 5.74) is 3.32. The van der Waals surface area contributed by atoms with Gasteiger partial charge in [0.25, 0.3) is 0 Å². The molecule has 1 aliphatic rings. The molecule has 0 bridgehead atoms. The zero-order chi connectivity index (χ0) is 16.5. The zero-order valence-electron chi connectivity index (χ0n) is 14.0. The van der Waals surface area contributed by atoms with E-state index in [9.17, 15) is 0 Å². The first-order chi connectivity index (χ1) is 11.7. The molecule has 4 rings (SSSR count). The van der Waals surface area contributed by atoms with Gasteiger partial charge in [-0.3, -0.25) is 9.58 Å². The first-order valence-corrected chi connectivity index (χ1v) is 9.23. The van der Waals surface area contributed by atoms with Crippen molar-refractivity contribution in [2.24, 2.45) is 0 Å². The van der Waals surface area contributed by atoms with Gasteiger partial charge < -0.3 is 4.52 Å². The second kappa shape index (κ2) is 6.49. The third kappa shape index (κ3) is 3.14. The Balaban J connectivity index is 1.44. The molecule has 1 fully saturated rings. The molecule has 3 aromatic rings. The van der Waals surface area contributed by atoms with E-state index in [0.29, 0.717) is 24.3 Å². The molecule has 0 aliphatic carbocycles. The molecule has 0 aromatic carbocycles. The molecule has 0 saturated carbocycles. The van der Waals surface area contributed by atoms with E-state index >= 15 is 0 Å². The first-order valence-electron chi connectivity index (χ1n) is 8.29. The van der Waals surface area contributed by atoms with E-state index in [1.165, 1.54) is 18.5 Å². The Hall–Kier alpha value is -1.99. The molecule has 24 heavy (non-hydrogen) atoms. The molecule has 1 unspecified atom stereocenters. The van der Waals surface area contributed by atoms with Crippen molar-refractivity contribution < 1.29 is 4.52 Å². The molecule has 6 nitrogen and oxygen atoms in total. The number of rotatable bonds is 5. The van der Waals surface area contributed by atoms with Crippen LogP contribution in [0.2, 0.25) is 0 Å². The van der Waals surface area contributed by atoms with Crippen LogP contribution in [0.5, 0.6) is 0 Å². The zero-order valence-corrected chi connectivity index (χ0v) is 14.8. The van der Waals surface area contributed by atoms with Gasteiger partial charge in [0.2, 0.25) is 11.7 Å². The van der Waals surface area contributed by atoms with E-state index < -0.39 is 0 Å². The third-order valence-corrected chi connectivity index (χ3v) is 5.26. The van der Waals surface area contributed by atoms with E-state index in [-0.39, 0.29) is 0 Å². The Kier molecular flexibility index (Phi) is 4.20. The summed E-state index contributed by atoms with van der Waals surface area (Å²) in [5, 5.41) is 12.8. The SMILES string of the molecule is Cc1cc(C)n(CC2CCCN2Cc2nc(-c3ccsc3)no2)n1. The fourth-order valence-electron chi connectivity index (χ4n) is 3.37. The van der Waals surface area contributed by atoms with Gasteiger partial charge in [-0.05, 0) is 50.7 Å². The van der Waals surface area contributed by atoms with Crippen LogP contribution >= 0.6 is 11.3 Å². The summed E-state index contributed by atoms with van der Waals surface area (Å²) in [7, 11) is 0. The van der Waals surface area contributed by atoms with E-state index in [1.807, 2.05) is 23.8 Å². The average molecular weight is 343 g/mol. The lowest BCUT2D eigenvalue weighted by molar-refractivity contribution is 0.191. The number of thiophene rings is 1. The molecule has 126 valence electrons. The van der Waals surface area contributed by atoms with Gasteiger partial charge in [-0.2, -0.15) is 21.4 Å². The fourth-order valence-corrected chi connectivity index (χ4v) is 4.01. The Morgan fingerprint density at radius 2 is 2.29 bits per heavy atom. The van der Waals surface area contributed by atoms with Gasteiger partial charge in [-0.25, -0.2) is 0 Å². The molecule has 1 saturated heterocycles. The topological polar surface area (TPSA) is 60.0 Å². The highest BCUT2D eigenvalue weighted by Gasteiger charge is 2.27. The summed E-state index contributed by atoms with van der Waals surface area (Å²) >= 11 is 1.64. The molecular weight excluding hydrogens is 322 g/mol. The quantitative estimate of drug-likeness (QED) is 0.711. The van der Waals surface area contributed by atoms with Crippen LogP contribution in [0, 0.1) is 13.8 Å². The lowest BCUT2D eigenvalue weighted by Gasteiger charge is -2.23. The highest BCUT2D eigenvalue weighted by molar-refractivity contribution is 7.08. The summed E-state index contributed by atoms with van der Waals surface area (Å²) in [6.07, 6.45) is 2.39. The van der Waals surface area contributed by atoms with Crippen LogP contribution in [0.25, 0.3) is 11.4 Å². The molecular formula is C17H21N5OS. The van der Waals surface area contributed by atoms with E-state index in [4.69, 9.17) is 4.52 Å². The molecule has 7 heteroatoms. The lowest BCUT2D eigenvalue weighted by Crippen LogP contribution is -2.33. The van der Waals surface area contributed by atoms with Crippen molar-refractivity contribution in [1.82, 2.24) is 24.8 Å². The van der Waals surface area contributed by atoms with Crippen LogP contribution in [0.3, 0.4) is 0 Å². The number of hydrogen-bond donors (Lipinski definition) is 0. The largest absolute Gasteiger partial charge is 0.338 e. The number of nitrogens with zero attached hydrogens (tertiary/aromatic N) is 5. The number of aromatic nitrogens is 4. The van der Waals surface area contributed by atoms with Crippen molar-refractivity contribution in [2.45, 2.75) is 45.8 Å². The van der Waals surface area contributed by atoms with E-state index in [2.05, 4.69) is 37.8 Å². The molecule has 0 radical (unpaired) electrons. The Bertz CT molecular complexity index is 807. The minimum atomic E-state index is 0.472. The number of aryl methyl sites for hydroxylation is 2. The monoisotopic (exact) mass is 343 g/mol. The number of likely N-dealkylation sites (tertiary alicyclic amines) is 1. The Labute approximate surface area is 145 Å². The third-order valence-electron chi connectivity index (χ3n) is 4.57. The van der Waals surface area contributed by atoms with Gasteiger partial charge in [-0.1, -0.05) is 5.16 Å². The van der Waals surface area contributed by atoms with Gasteiger partial charge in [0.05, 0.1) is 18.8 Å². The Morgan fingerprint density at radius 1 is 1.38 bits per heavy atom. The second-order valence-corrected chi connectivity index (χ2v) is 7.18. The van der Waals surface area contributed by atoms with Gasteiger partial charge in [0.15, 0.2) is 0 Å². The van der Waals surface area contributed by atoms with Crippen molar-refractivity contribution in [3.05, 3.63) is 40.2 Å². The first kappa shape index (κ1) is 15.5. The van der Waals surface area contributed by atoms with Crippen LogP contribution in [-0.4, -0.2) is 37.4 Å². The maximum Gasteiger partial charge on any atom is 0.241 e. The van der Waals surface area contributed by atoms with Crippen molar-refractivity contribution in [3.8, 4) is 11.4 Å². The van der Waals surface area contributed by atoms with Crippen LogP contribution < -0.4 is 0 Å². The normalized spacial score (nSPS) is 18.5. The van der Waals surface area contributed by atoms with Crippen LogP contribution in [0.1, 0.15) is 30.1 Å². The lowest BCUT2D eigenvalue weighted by atomic mass is 10.2. The minimum absolute atomic E-state index is 0.472. The highest BCUT2D eigenvalue weighted by Crippen LogP contribution is 2.23. The van der Waals surface area contributed by atoms with E-state index in [0.717, 1.165) is 24.3 Å². The average Bonchev–Trinajstić information content (AvgIpc) is 3.30. The maximum absolute atomic E-state index is 5.46. The predicted molar refractivity (Wildman–Crippen MR) is 92.7 cm³/mol. The van der Waals surface area contributed by atoms with Crippen LogP contribution in [0.4, 0.5) is 0 Å². The van der Waals surface area contributed by atoms with Crippen molar-refractivity contribution in [3.63, 3.8) is 0 Å². The van der Waals surface area contributed by atoms with Gasteiger partial charge in [0.1, 0.15) is 0 Å². The summed E-state index contributed by atoms with van der Waals surface area (Å²) in [6, 6.07) is 4.62. The standard InChI is InChI=1S/C17H21N5OS/c1-12-8-13(2)22(19-12)9-15-4-3-6-21(15)10-16-18-17(20-23-16)14-5-7-24-11-14/h5,7-8,11,15H,3-4,6,9-10H2,1-2H3. The Morgan fingerprint density at radius 3 is 3.04 bits per heavy atom. The van der Waals surface area contributed by atoms with Gasteiger partial charge in [0, 0.05) is 22.7 Å². The molecule has 1 aliphatic heterocycles. The van der Waals surface area contributed by atoms with Gasteiger partial charge >= 0.3 is 0 Å². The maximum atomic E-state index is 5.46. The molecule has 1 atom stereocenters. The number of hydrogen-bond acceptors (Lipinski definition) is 6.